The molecule has 2 atom stereocenters. The van der Waals surface area contributed by atoms with Crippen molar-refractivity contribution in [2.24, 2.45) is 5.73 Å². The third-order valence-electron chi connectivity index (χ3n) is 2.96. The Labute approximate surface area is 108 Å². The minimum Gasteiger partial charge on any atom is -0.383 e. The van der Waals surface area contributed by atoms with E-state index in [-0.39, 0.29) is 30.0 Å². The third kappa shape index (κ3) is 3.68. The van der Waals surface area contributed by atoms with Crippen LogP contribution in [0.3, 0.4) is 0 Å². The Hall–Kier alpha value is -1.14. The summed E-state index contributed by atoms with van der Waals surface area (Å²) < 4.78 is 4.82. The fraction of sp³-hybridized carbons (Fsp3) is 0.833. The van der Waals surface area contributed by atoms with Crippen LogP contribution >= 0.6 is 0 Å². The van der Waals surface area contributed by atoms with E-state index in [1.54, 1.807) is 4.90 Å². The summed E-state index contributed by atoms with van der Waals surface area (Å²) >= 11 is 0. The zero-order chi connectivity index (χ0) is 13.9. The monoisotopic (exact) mass is 257 g/mol. The van der Waals surface area contributed by atoms with Gasteiger partial charge in [0.1, 0.15) is 6.04 Å². The lowest BCUT2D eigenvalue weighted by Crippen LogP contribution is -2.49. The lowest BCUT2D eigenvalue weighted by atomic mass is 10.1. The molecule has 18 heavy (non-hydrogen) atoms. The highest BCUT2D eigenvalue weighted by molar-refractivity contribution is 5.85. The van der Waals surface area contributed by atoms with Gasteiger partial charge in [-0.15, -0.1) is 0 Å². The standard InChI is InChI=1S/C12H23N3O3/c1-12(2,3)15-6-8(5-10(15)16)14-11(17)9(13)7-18-4/h8-9H,5-7,13H2,1-4H3,(H,14,17). The molecular weight excluding hydrogens is 234 g/mol. The van der Waals surface area contributed by atoms with Crippen LogP contribution in [0.15, 0.2) is 0 Å². The fourth-order valence-corrected chi connectivity index (χ4v) is 2.02. The van der Waals surface area contributed by atoms with Crippen LogP contribution in [0.4, 0.5) is 0 Å². The highest BCUT2D eigenvalue weighted by atomic mass is 16.5. The Morgan fingerprint density at radius 3 is 2.67 bits per heavy atom. The van der Waals surface area contributed by atoms with Crippen molar-refractivity contribution in [2.45, 2.75) is 44.8 Å². The van der Waals surface area contributed by atoms with Gasteiger partial charge in [-0.2, -0.15) is 0 Å². The number of nitrogens with two attached hydrogens (primary N) is 1. The number of nitrogens with one attached hydrogen (secondary N) is 1. The summed E-state index contributed by atoms with van der Waals surface area (Å²) in [6, 6.07) is -0.846. The van der Waals surface area contributed by atoms with Crippen molar-refractivity contribution in [3.63, 3.8) is 0 Å². The zero-order valence-corrected chi connectivity index (χ0v) is 11.5. The molecule has 2 amide bonds. The molecule has 6 heteroatoms. The summed E-state index contributed by atoms with van der Waals surface area (Å²) in [7, 11) is 1.49. The molecule has 0 aliphatic carbocycles. The molecule has 1 heterocycles. The number of methoxy groups -OCH3 is 1. The Morgan fingerprint density at radius 2 is 2.22 bits per heavy atom. The van der Waals surface area contributed by atoms with Crippen molar-refractivity contribution >= 4 is 11.8 Å². The van der Waals surface area contributed by atoms with E-state index in [9.17, 15) is 9.59 Å². The summed E-state index contributed by atoms with van der Waals surface area (Å²) in [6.45, 7) is 6.65. The molecule has 0 aromatic rings. The number of nitrogens with zero attached hydrogens (tertiary/aromatic N) is 1. The van der Waals surface area contributed by atoms with Gasteiger partial charge in [-0.3, -0.25) is 9.59 Å². The lowest BCUT2D eigenvalue weighted by Gasteiger charge is -2.32. The van der Waals surface area contributed by atoms with Crippen LogP contribution < -0.4 is 11.1 Å². The normalized spacial score (nSPS) is 22.2. The van der Waals surface area contributed by atoms with Crippen molar-refractivity contribution in [1.29, 1.82) is 0 Å². The highest BCUT2D eigenvalue weighted by Crippen LogP contribution is 2.21. The Balaban J connectivity index is 2.52. The van der Waals surface area contributed by atoms with E-state index in [0.29, 0.717) is 13.0 Å². The predicted octanol–water partition coefficient (Wildman–Crippen LogP) is -0.524. The molecule has 1 fully saturated rings. The Bertz CT molecular complexity index is 325. The van der Waals surface area contributed by atoms with Crippen LogP contribution in [0.1, 0.15) is 27.2 Å². The average Bonchev–Trinajstić information content (AvgIpc) is 2.59. The van der Waals surface area contributed by atoms with Gasteiger partial charge < -0.3 is 20.7 Å². The molecule has 6 nitrogen and oxygen atoms in total. The molecule has 1 saturated heterocycles. The number of rotatable bonds is 4. The SMILES string of the molecule is COCC(N)C(=O)NC1CC(=O)N(C(C)(C)C)C1. The van der Waals surface area contributed by atoms with Crippen LogP contribution in [0.2, 0.25) is 0 Å². The second-order valence-electron chi connectivity index (χ2n) is 5.65. The lowest BCUT2D eigenvalue weighted by molar-refractivity contribution is -0.131. The Kier molecular flexibility index (Phi) is 4.70. The number of ether oxygens (including phenoxy) is 1. The summed E-state index contributed by atoms with van der Waals surface area (Å²) in [5.41, 5.74) is 5.41. The smallest absolute Gasteiger partial charge is 0.239 e. The maximum Gasteiger partial charge on any atom is 0.239 e. The highest BCUT2D eigenvalue weighted by Gasteiger charge is 2.37. The average molecular weight is 257 g/mol. The summed E-state index contributed by atoms with van der Waals surface area (Å²) in [6.07, 6.45) is 0.336. The largest absolute Gasteiger partial charge is 0.383 e. The molecule has 3 N–H and O–H groups in total. The molecule has 0 aromatic carbocycles. The summed E-state index contributed by atoms with van der Waals surface area (Å²) in [4.78, 5) is 25.3. The quantitative estimate of drug-likeness (QED) is 0.709. The number of carbonyl (C=O) groups is 2. The summed E-state index contributed by atoms with van der Waals surface area (Å²) in [5, 5.41) is 2.79. The molecule has 0 bridgehead atoms. The van der Waals surface area contributed by atoms with Crippen molar-refractivity contribution in [3.8, 4) is 0 Å². The van der Waals surface area contributed by atoms with E-state index in [1.165, 1.54) is 7.11 Å². The van der Waals surface area contributed by atoms with Crippen LogP contribution in [-0.2, 0) is 14.3 Å². The molecule has 1 aliphatic rings. The molecule has 1 rings (SSSR count). The number of likely N-dealkylation sites (tertiary alicyclic amines) is 1. The van der Waals surface area contributed by atoms with Crippen molar-refractivity contribution in [1.82, 2.24) is 10.2 Å². The van der Waals surface area contributed by atoms with Gasteiger partial charge in [-0.25, -0.2) is 0 Å². The molecule has 0 radical (unpaired) electrons. The van der Waals surface area contributed by atoms with Gasteiger partial charge in [-0.1, -0.05) is 0 Å². The second kappa shape index (κ2) is 5.67. The predicted molar refractivity (Wildman–Crippen MR) is 67.9 cm³/mol. The van der Waals surface area contributed by atoms with E-state index >= 15 is 0 Å². The number of hydrogen-bond acceptors (Lipinski definition) is 4. The minimum atomic E-state index is -0.686. The first-order chi connectivity index (χ1) is 8.25. The third-order valence-corrected chi connectivity index (χ3v) is 2.96. The van der Waals surface area contributed by atoms with Gasteiger partial charge in [0.05, 0.1) is 12.6 Å². The van der Waals surface area contributed by atoms with Gasteiger partial charge in [0.2, 0.25) is 11.8 Å². The van der Waals surface area contributed by atoms with E-state index in [0.717, 1.165) is 0 Å². The van der Waals surface area contributed by atoms with Gasteiger partial charge >= 0.3 is 0 Å². The van der Waals surface area contributed by atoms with E-state index < -0.39 is 6.04 Å². The molecule has 104 valence electrons. The number of hydrogen-bond donors (Lipinski definition) is 2. The minimum absolute atomic E-state index is 0.0631. The van der Waals surface area contributed by atoms with Crippen LogP contribution in [0.25, 0.3) is 0 Å². The number of carbonyl (C=O) groups excluding carboxylic acids is 2. The molecule has 0 saturated carbocycles. The maximum atomic E-state index is 11.8. The second-order valence-corrected chi connectivity index (χ2v) is 5.65. The van der Waals surface area contributed by atoms with Crippen LogP contribution in [0, 0.1) is 0 Å². The van der Waals surface area contributed by atoms with E-state index in [1.807, 2.05) is 20.8 Å². The summed E-state index contributed by atoms with van der Waals surface area (Å²) in [5.74, 6) is -0.210. The van der Waals surface area contributed by atoms with Crippen LogP contribution in [-0.4, -0.2) is 54.6 Å². The molecule has 0 aromatic heterocycles. The molecule has 2 unspecified atom stereocenters. The zero-order valence-electron chi connectivity index (χ0n) is 11.5. The molecular formula is C12H23N3O3. The van der Waals surface area contributed by atoms with Gasteiger partial charge in [0.25, 0.3) is 0 Å². The van der Waals surface area contributed by atoms with Crippen molar-refractivity contribution in [2.75, 3.05) is 20.3 Å². The first kappa shape index (κ1) is 14.9. The van der Waals surface area contributed by atoms with Crippen molar-refractivity contribution in [3.05, 3.63) is 0 Å². The first-order valence-electron chi connectivity index (χ1n) is 6.11. The van der Waals surface area contributed by atoms with E-state index in [4.69, 9.17) is 10.5 Å². The topological polar surface area (TPSA) is 84.7 Å². The van der Waals surface area contributed by atoms with Crippen molar-refractivity contribution < 1.29 is 14.3 Å². The molecule has 1 aliphatic heterocycles. The first-order valence-corrected chi connectivity index (χ1v) is 6.11. The number of amides is 2. The Morgan fingerprint density at radius 1 is 1.61 bits per heavy atom. The maximum absolute atomic E-state index is 11.8. The van der Waals surface area contributed by atoms with Gasteiger partial charge in [0, 0.05) is 25.6 Å². The van der Waals surface area contributed by atoms with E-state index in [2.05, 4.69) is 5.32 Å². The fourth-order valence-electron chi connectivity index (χ4n) is 2.02. The van der Waals surface area contributed by atoms with Gasteiger partial charge in [-0.05, 0) is 20.8 Å². The molecule has 0 spiro atoms. The van der Waals surface area contributed by atoms with Gasteiger partial charge in [0.15, 0.2) is 0 Å². The van der Waals surface area contributed by atoms with Crippen LogP contribution in [0.5, 0.6) is 0 Å².